The van der Waals surface area contributed by atoms with Gasteiger partial charge in [-0.15, -0.1) is 0 Å². The van der Waals surface area contributed by atoms with Gasteiger partial charge < -0.3 is 4.74 Å². The number of hydrogen-bond acceptors (Lipinski definition) is 2. The predicted octanol–water partition coefficient (Wildman–Crippen LogP) is 10.0. The molecule has 0 saturated heterocycles. The first-order valence-electron chi connectivity index (χ1n) is 15.9. The van der Waals surface area contributed by atoms with E-state index >= 15 is 0 Å². The van der Waals surface area contributed by atoms with Gasteiger partial charge in [-0.05, 0) is 135 Å². The number of hydrogen-bond donors (Lipinski definition) is 0. The van der Waals surface area contributed by atoms with Crippen LogP contribution < -0.4 is 0 Å². The average molecular weight is 517 g/mol. The number of carbonyl (C=O) groups excluding carboxylic acids is 1. The highest BCUT2D eigenvalue weighted by Gasteiger charge is 2.60. The molecule has 5 rings (SSSR count). The Morgan fingerprint density at radius 2 is 1.76 bits per heavy atom. The molecule has 2 heteroatoms. The number of allylic oxidation sites excluding steroid dienone is 1. The van der Waals surface area contributed by atoms with E-state index in [0.29, 0.717) is 10.8 Å². The fourth-order valence-electron chi connectivity index (χ4n) is 10.2. The van der Waals surface area contributed by atoms with E-state index in [2.05, 4.69) is 27.7 Å². The van der Waals surface area contributed by atoms with Crippen LogP contribution in [0.5, 0.6) is 0 Å². The molecule has 4 aliphatic carbocycles. The molecular formula is C36H52O2. The van der Waals surface area contributed by atoms with E-state index < -0.39 is 0 Å². The summed E-state index contributed by atoms with van der Waals surface area (Å²) >= 11 is 0. The van der Waals surface area contributed by atoms with Gasteiger partial charge in [0.2, 0.25) is 0 Å². The minimum Gasteiger partial charge on any atom is -0.431 e. The van der Waals surface area contributed by atoms with Crippen molar-refractivity contribution in [2.45, 2.75) is 111 Å². The number of fused-ring (bicyclic) bond motifs is 5. The molecule has 208 valence electrons. The second-order valence-electron chi connectivity index (χ2n) is 14.1. The van der Waals surface area contributed by atoms with E-state index in [-0.39, 0.29) is 5.97 Å². The Balaban J connectivity index is 1.10. The van der Waals surface area contributed by atoms with E-state index in [0.717, 1.165) is 53.1 Å². The van der Waals surface area contributed by atoms with E-state index in [1.54, 1.807) is 12.3 Å². The summed E-state index contributed by atoms with van der Waals surface area (Å²) in [5.74, 6) is 5.36. The first-order chi connectivity index (χ1) is 18.3. The van der Waals surface area contributed by atoms with Crippen LogP contribution in [0.15, 0.2) is 48.2 Å². The van der Waals surface area contributed by atoms with Gasteiger partial charge in [-0.1, -0.05) is 70.4 Å². The van der Waals surface area contributed by atoms with Gasteiger partial charge in [0.1, 0.15) is 0 Å². The number of ether oxygens (including phenoxy) is 1. The SMILES string of the molecule is CC(=COC(=O)C=Cc1ccccc1)CCC[C@@H](C)[C@H]1CC[C@H]2[C@@H]3CCC4CCCC[C@]4(C)[C@H]3CC[C@]12C. The molecule has 8 atom stereocenters. The van der Waals surface area contributed by atoms with Crippen molar-refractivity contribution in [3.05, 3.63) is 53.8 Å². The summed E-state index contributed by atoms with van der Waals surface area (Å²) in [5.41, 5.74) is 3.37. The van der Waals surface area contributed by atoms with Crippen molar-refractivity contribution in [1.82, 2.24) is 0 Å². The standard InChI is InChI=1S/C36H52O2/c1-26(25-38-34(37)21-16-28-13-6-5-7-14-28)11-10-12-27(2)31-19-20-32-30-18-17-29-15-8-9-23-35(29,3)33(30)22-24-36(31,32)4/h5-7,13-14,16,21,25,27,29-33H,8-12,15,17-20,22-24H2,1-4H3/t27-,29?,30+,31-,32+,33+,35+,36-/m1/s1. The van der Waals surface area contributed by atoms with Gasteiger partial charge in [-0.3, -0.25) is 0 Å². The van der Waals surface area contributed by atoms with Gasteiger partial charge in [-0.2, -0.15) is 0 Å². The summed E-state index contributed by atoms with van der Waals surface area (Å²) in [7, 11) is 0. The molecule has 1 aromatic rings. The fraction of sp³-hybridized carbons (Fsp3) is 0.694. The molecule has 1 aromatic carbocycles. The van der Waals surface area contributed by atoms with E-state index in [1.807, 2.05) is 30.3 Å². The summed E-state index contributed by atoms with van der Waals surface area (Å²) in [5, 5.41) is 0. The van der Waals surface area contributed by atoms with Crippen LogP contribution in [0.4, 0.5) is 0 Å². The molecule has 0 aliphatic heterocycles. The highest BCUT2D eigenvalue weighted by atomic mass is 16.5. The van der Waals surface area contributed by atoms with Crippen LogP contribution in [0.2, 0.25) is 0 Å². The molecule has 0 radical (unpaired) electrons. The van der Waals surface area contributed by atoms with Crippen LogP contribution in [0, 0.1) is 46.3 Å². The summed E-state index contributed by atoms with van der Waals surface area (Å²) in [6.07, 6.45) is 23.4. The molecular weight excluding hydrogens is 464 g/mol. The lowest BCUT2D eigenvalue weighted by atomic mass is 9.44. The summed E-state index contributed by atoms with van der Waals surface area (Å²) in [6, 6.07) is 9.86. The first kappa shape index (κ1) is 27.7. The number of esters is 1. The van der Waals surface area contributed by atoms with Gasteiger partial charge in [0.25, 0.3) is 0 Å². The molecule has 0 aromatic heterocycles. The van der Waals surface area contributed by atoms with Crippen LogP contribution in [-0.2, 0) is 9.53 Å². The molecule has 2 nitrogen and oxygen atoms in total. The number of rotatable bonds is 8. The Kier molecular flexibility index (Phi) is 8.56. The number of carbonyl (C=O) groups is 1. The van der Waals surface area contributed by atoms with Crippen molar-refractivity contribution >= 4 is 12.0 Å². The van der Waals surface area contributed by atoms with Gasteiger partial charge in [0.05, 0.1) is 6.26 Å². The van der Waals surface area contributed by atoms with Crippen LogP contribution in [0.1, 0.15) is 117 Å². The highest BCUT2D eigenvalue weighted by Crippen LogP contribution is 2.68. The largest absolute Gasteiger partial charge is 0.431 e. The predicted molar refractivity (Wildman–Crippen MR) is 158 cm³/mol. The maximum atomic E-state index is 12.1. The summed E-state index contributed by atoms with van der Waals surface area (Å²) < 4.78 is 5.38. The third-order valence-electron chi connectivity index (χ3n) is 12.2. The van der Waals surface area contributed by atoms with E-state index in [4.69, 9.17) is 4.74 Å². The molecule has 1 unspecified atom stereocenters. The van der Waals surface area contributed by atoms with Gasteiger partial charge in [0.15, 0.2) is 0 Å². The van der Waals surface area contributed by atoms with Crippen molar-refractivity contribution in [3.8, 4) is 0 Å². The zero-order chi connectivity index (χ0) is 26.8. The van der Waals surface area contributed by atoms with Crippen LogP contribution in [-0.4, -0.2) is 5.97 Å². The Morgan fingerprint density at radius 1 is 0.974 bits per heavy atom. The molecule has 0 N–H and O–H groups in total. The Morgan fingerprint density at radius 3 is 2.58 bits per heavy atom. The van der Waals surface area contributed by atoms with Crippen LogP contribution in [0.3, 0.4) is 0 Å². The van der Waals surface area contributed by atoms with Crippen molar-refractivity contribution in [2.24, 2.45) is 46.3 Å². The minimum absolute atomic E-state index is 0.307. The smallest absolute Gasteiger partial charge is 0.335 e. The summed E-state index contributed by atoms with van der Waals surface area (Å²) in [4.78, 5) is 12.1. The average Bonchev–Trinajstić information content (AvgIpc) is 3.28. The zero-order valence-electron chi connectivity index (χ0n) is 24.6. The summed E-state index contributed by atoms with van der Waals surface area (Å²) in [6.45, 7) is 10.0. The lowest BCUT2D eigenvalue weighted by Crippen LogP contribution is -2.53. The lowest BCUT2D eigenvalue weighted by molar-refractivity contribution is -0.132. The Bertz CT molecular complexity index is 1010. The maximum absolute atomic E-state index is 12.1. The van der Waals surface area contributed by atoms with Crippen molar-refractivity contribution < 1.29 is 9.53 Å². The Labute approximate surface area is 232 Å². The lowest BCUT2D eigenvalue weighted by Gasteiger charge is -2.61. The van der Waals surface area contributed by atoms with E-state index in [9.17, 15) is 4.79 Å². The monoisotopic (exact) mass is 516 g/mol. The van der Waals surface area contributed by atoms with Crippen LogP contribution >= 0.6 is 0 Å². The molecule has 0 heterocycles. The van der Waals surface area contributed by atoms with Crippen molar-refractivity contribution in [1.29, 1.82) is 0 Å². The topological polar surface area (TPSA) is 26.3 Å². The molecule has 4 aliphatic rings. The number of benzene rings is 1. The molecule has 0 bridgehead atoms. The quantitative estimate of drug-likeness (QED) is 0.195. The minimum atomic E-state index is -0.307. The fourth-order valence-corrected chi connectivity index (χ4v) is 10.2. The molecule has 38 heavy (non-hydrogen) atoms. The highest BCUT2D eigenvalue weighted by molar-refractivity contribution is 5.87. The van der Waals surface area contributed by atoms with E-state index in [1.165, 1.54) is 83.1 Å². The van der Waals surface area contributed by atoms with Gasteiger partial charge >= 0.3 is 5.97 Å². The van der Waals surface area contributed by atoms with Gasteiger partial charge in [0, 0.05) is 6.08 Å². The first-order valence-corrected chi connectivity index (χ1v) is 15.9. The third kappa shape index (κ3) is 5.57. The molecule has 0 amide bonds. The molecule has 4 fully saturated rings. The normalized spacial score (nSPS) is 37.8. The van der Waals surface area contributed by atoms with Crippen LogP contribution in [0.25, 0.3) is 6.08 Å². The molecule has 4 saturated carbocycles. The van der Waals surface area contributed by atoms with Crippen molar-refractivity contribution in [3.63, 3.8) is 0 Å². The Hall–Kier alpha value is -1.83. The van der Waals surface area contributed by atoms with Gasteiger partial charge in [-0.25, -0.2) is 4.79 Å². The second-order valence-corrected chi connectivity index (χ2v) is 14.1. The molecule has 0 spiro atoms. The van der Waals surface area contributed by atoms with Crippen molar-refractivity contribution in [2.75, 3.05) is 0 Å². The maximum Gasteiger partial charge on any atom is 0.335 e. The zero-order valence-corrected chi connectivity index (χ0v) is 24.6. The second kappa shape index (κ2) is 11.7. The third-order valence-corrected chi connectivity index (χ3v) is 12.2.